The fraction of sp³-hybridized carbons (Fsp3) is 0.368. The van der Waals surface area contributed by atoms with E-state index in [1.807, 2.05) is 24.3 Å². The molecule has 0 saturated carbocycles. The third kappa shape index (κ3) is 4.48. The van der Waals surface area contributed by atoms with Crippen molar-refractivity contribution >= 4 is 11.4 Å². The van der Waals surface area contributed by atoms with Crippen LogP contribution in [0.5, 0.6) is 5.75 Å². The Morgan fingerprint density at radius 2 is 1.72 bits per heavy atom. The molecule has 3 rings (SSSR count). The zero-order chi connectivity index (χ0) is 17.6. The Kier molecular flexibility index (Phi) is 5.50. The van der Waals surface area contributed by atoms with Gasteiger partial charge in [-0.15, -0.1) is 0 Å². The second kappa shape index (κ2) is 7.98. The summed E-state index contributed by atoms with van der Waals surface area (Å²) in [6.07, 6.45) is 1.07. The Hall–Kier alpha value is -2.60. The van der Waals surface area contributed by atoms with Gasteiger partial charge in [-0.3, -0.25) is 10.1 Å². The van der Waals surface area contributed by atoms with Gasteiger partial charge in [0, 0.05) is 24.2 Å². The molecule has 1 N–H and O–H groups in total. The molecule has 1 saturated heterocycles. The van der Waals surface area contributed by atoms with Crippen LogP contribution in [0.3, 0.4) is 0 Å². The summed E-state index contributed by atoms with van der Waals surface area (Å²) in [4.78, 5) is 14.3. The minimum atomic E-state index is -0.356. The summed E-state index contributed by atoms with van der Waals surface area (Å²) in [6, 6.07) is 15.1. The molecule has 1 aliphatic heterocycles. The molecule has 1 heterocycles. The molecular weight excluding hydrogens is 318 g/mol. The number of piperazine rings is 1. The van der Waals surface area contributed by atoms with Gasteiger partial charge < -0.3 is 14.5 Å². The number of quaternary nitrogens is 1. The van der Waals surface area contributed by atoms with Gasteiger partial charge in [0.1, 0.15) is 5.75 Å². The molecule has 1 aliphatic rings. The van der Waals surface area contributed by atoms with Crippen molar-refractivity contribution in [1.82, 2.24) is 0 Å². The number of nitro benzene ring substituents is 1. The summed E-state index contributed by atoms with van der Waals surface area (Å²) in [5.41, 5.74) is 2.55. The van der Waals surface area contributed by atoms with Crippen LogP contribution in [-0.2, 0) is 6.42 Å². The fourth-order valence-corrected chi connectivity index (χ4v) is 3.23. The summed E-state index contributed by atoms with van der Waals surface area (Å²) in [5, 5.41) is 10.7. The first-order valence-corrected chi connectivity index (χ1v) is 8.61. The second-order valence-electron chi connectivity index (χ2n) is 6.36. The highest BCUT2D eigenvalue weighted by molar-refractivity contribution is 5.51. The zero-order valence-corrected chi connectivity index (χ0v) is 14.5. The molecule has 0 spiro atoms. The molecule has 0 aliphatic carbocycles. The lowest BCUT2D eigenvalue weighted by Crippen LogP contribution is -3.15. The molecule has 0 amide bonds. The lowest BCUT2D eigenvalue weighted by molar-refractivity contribution is -0.900. The van der Waals surface area contributed by atoms with Crippen LogP contribution in [0.2, 0.25) is 0 Å². The molecule has 0 bridgehead atoms. The summed E-state index contributed by atoms with van der Waals surface area (Å²) in [7, 11) is 1.68. The zero-order valence-electron chi connectivity index (χ0n) is 14.5. The van der Waals surface area contributed by atoms with Gasteiger partial charge in [-0.25, -0.2) is 0 Å². The Morgan fingerprint density at radius 1 is 1.08 bits per heavy atom. The first kappa shape index (κ1) is 17.2. The highest BCUT2D eigenvalue weighted by atomic mass is 16.6. The van der Waals surface area contributed by atoms with E-state index in [1.165, 1.54) is 5.56 Å². The Balaban J connectivity index is 1.47. The number of nitrogens with zero attached hydrogens (tertiary/aromatic N) is 2. The largest absolute Gasteiger partial charge is 0.497 e. The number of nitro groups is 1. The lowest BCUT2D eigenvalue weighted by Gasteiger charge is -2.33. The van der Waals surface area contributed by atoms with Crippen LogP contribution in [-0.4, -0.2) is 44.8 Å². The van der Waals surface area contributed by atoms with Crippen molar-refractivity contribution in [2.75, 3.05) is 44.7 Å². The van der Waals surface area contributed by atoms with E-state index in [1.54, 1.807) is 24.1 Å². The van der Waals surface area contributed by atoms with E-state index >= 15 is 0 Å². The van der Waals surface area contributed by atoms with Gasteiger partial charge in [0.2, 0.25) is 0 Å². The molecular formula is C19H24N3O3+. The van der Waals surface area contributed by atoms with Crippen molar-refractivity contribution in [2.45, 2.75) is 6.42 Å². The van der Waals surface area contributed by atoms with Gasteiger partial charge in [0.05, 0.1) is 44.8 Å². The molecule has 1 fully saturated rings. The molecule has 0 aromatic heterocycles. The summed E-state index contributed by atoms with van der Waals surface area (Å²) in [5.74, 6) is 0.896. The van der Waals surface area contributed by atoms with Crippen LogP contribution >= 0.6 is 0 Å². The number of hydrogen-bond donors (Lipinski definition) is 1. The third-order valence-corrected chi connectivity index (χ3v) is 4.82. The van der Waals surface area contributed by atoms with E-state index in [0.29, 0.717) is 0 Å². The van der Waals surface area contributed by atoms with E-state index in [0.717, 1.165) is 50.6 Å². The molecule has 0 atom stereocenters. The highest BCUT2D eigenvalue weighted by Crippen LogP contribution is 2.19. The Bertz CT molecular complexity index is 693. The smallest absolute Gasteiger partial charge is 0.269 e. The number of non-ortho nitro benzene ring substituents is 1. The van der Waals surface area contributed by atoms with Crippen LogP contribution in [0.1, 0.15) is 5.56 Å². The number of hydrogen-bond acceptors (Lipinski definition) is 4. The van der Waals surface area contributed by atoms with Crippen LogP contribution in [0.4, 0.5) is 11.4 Å². The first-order chi connectivity index (χ1) is 12.2. The number of anilines is 1. The van der Waals surface area contributed by atoms with Crippen molar-refractivity contribution in [3.63, 3.8) is 0 Å². The summed E-state index contributed by atoms with van der Waals surface area (Å²) in [6.45, 7) is 5.27. The average molecular weight is 342 g/mol. The molecule has 6 nitrogen and oxygen atoms in total. The number of ether oxygens (including phenoxy) is 1. The minimum absolute atomic E-state index is 0.146. The molecule has 0 unspecified atom stereocenters. The van der Waals surface area contributed by atoms with E-state index < -0.39 is 0 Å². The lowest BCUT2D eigenvalue weighted by atomic mass is 10.1. The monoisotopic (exact) mass is 342 g/mol. The SMILES string of the molecule is COc1ccc(CC[NH+]2CCN(c3ccc([N+](=O)[O-])cc3)CC2)cc1. The quantitative estimate of drug-likeness (QED) is 0.639. The molecule has 0 radical (unpaired) electrons. The number of nitrogens with one attached hydrogen (secondary N) is 1. The predicted molar refractivity (Wildman–Crippen MR) is 97.6 cm³/mol. The molecule has 2 aromatic carbocycles. The van der Waals surface area contributed by atoms with Gasteiger partial charge in [0.25, 0.3) is 5.69 Å². The summed E-state index contributed by atoms with van der Waals surface area (Å²) < 4.78 is 5.19. The topological polar surface area (TPSA) is 60.0 Å². The van der Waals surface area contributed by atoms with E-state index in [9.17, 15) is 10.1 Å². The van der Waals surface area contributed by atoms with Crippen molar-refractivity contribution in [3.8, 4) is 5.75 Å². The number of benzene rings is 2. The van der Waals surface area contributed by atoms with Crippen LogP contribution in [0, 0.1) is 10.1 Å². The van der Waals surface area contributed by atoms with Gasteiger partial charge >= 0.3 is 0 Å². The maximum absolute atomic E-state index is 10.7. The average Bonchev–Trinajstić information content (AvgIpc) is 2.67. The van der Waals surface area contributed by atoms with Gasteiger partial charge in [-0.1, -0.05) is 12.1 Å². The van der Waals surface area contributed by atoms with Crippen LogP contribution in [0.25, 0.3) is 0 Å². The van der Waals surface area contributed by atoms with E-state index in [4.69, 9.17) is 4.74 Å². The Labute approximate surface area is 147 Å². The van der Waals surface area contributed by atoms with Crippen molar-refractivity contribution in [2.24, 2.45) is 0 Å². The van der Waals surface area contributed by atoms with Gasteiger partial charge in [-0.05, 0) is 29.8 Å². The second-order valence-corrected chi connectivity index (χ2v) is 6.36. The fourth-order valence-electron chi connectivity index (χ4n) is 3.23. The van der Waals surface area contributed by atoms with Gasteiger partial charge in [-0.2, -0.15) is 0 Å². The molecule has 2 aromatic rings. The van der Waals surface area contributed by atoms with Crippen LogP contribution < -0.4 is 14.5 Å². The maximum Gasteiger partial charge on any atom is 0.269 e. The third-order valence-electron chi connectivity index (χ3n) is 4.82. The molecule has 25 heavy (non-hydrogen) atoms. The standard InChI is InChI=1S/C19H23N3O3/c1-25-19-8-2-16(3-9-19)10-11-20-12-14-21(15-13-20)17-4-6-18(7-5-17)22(23)24/h2-9H,10-15H2,1H3/p+1. The molecule has 132 valence electrons. The van der Waals surface area contributed by atoms with Crippen LogP contribution in [0.15, 0.2) is 48.5 Å². The van der Waals surface area contributed by atoms with Gasteiger partial charge in [0.15, 0.2) is 0 Å². The summed E-state index contributed by atoms with van der Waals surface area (Å²) >= 11 is 0. The number of rotatable bonds is 6. The highest BCUT2D eigenvalue weighted by Gasteiger charge is 2.20. The number of methoxy groups -OCH3 is 1. The first-order valence-electron chi connectivity index (χ1n) is 8.61. The maximum atomic E-state index is 10.7. The molecule has 6 heteroatoms. The predicted octanol–water partition coefficient (Wildman–Crippen LogP) is 1.55. The Morgan fingerprint density at radius 3 is 2.28 bits per heavy atom. The normalized spacial score (nSPS) is 15.2. The van der Waals surface area contributed by atoms with Crippen molar-refractivity contribution in [3.05, 3.63) is 64.2 Å². The van der Waals surface area contributed by atoms with E-state index in [-0.39, 0.29) is 10.6 Å². The van der Waals surface area contributed by atoms with E-state index in [2.05, 4.69) is 17.0 Å². The van der Waals surface area contributed by atoms with Crippen molar-refractivity contribution < 1.29 is 14.6 Å². The van der Waals surface area contributed by atoms with Crippen molar-refractivity contribution in [1.29, 1.82) is 0 Å². The minimum Gasteiger partial charge on any atom is -0.497 e.